The van der Waals surface area contributed by atoms with Gasteiger partial charge in [-0.2, -0.15) is 13.2 Å². The van der Waals surface area contributed by atoms with E-state index >= 15 is 0 Å². The van der Waals surface area contributed by atoms with E-state index in [4.69, 9.17) is 19.9 Å². The first-order chi connectivity index (χ1) is 16.6. The maximum Gasteiger partial charge on any atom is 0.419 e. The summed E-state index contributed by atoms with van der Waals surface area (Å²) < 4.78 is 71.1. The third kappa shape index (κ3) is 5.50. The van der Waals surface area contributed by atoms with Crippen LogP contribution in [0.25, 0.3) is 10.9 Å². The Balaban J connectivity index is 1.65. The lowest BCUT2D eigenvalue weighted by Crippen LogP contribution is -2.22. The molecule has 1 aliphatic carbocycles. The Morgan fingerprint density at radius 2 is 1.86 bits per heavy atom. The van der Waals surface area contributed by atoms with Gasteiger partial charge in [-0.15, -0.1) is 0 Å². The fraction of sp³-hybridized carbons (Fsp3) is 0.417. The average molecular weight is 494 g/mol. The van der Waals surface area contributed by atoms with Crippen LogP contribution in [0.3, 0.4) is 0 Å². The van der Waals surface area contributed by atoms with Gasteiger partial charge in [0.1, 0.15) is 24.1 Å². The molecule has 4 rings (SSSR count). The fourth-order valence-corrected chi connectivity index (χ4v) is 3.92. The first-order valence-corrected chi connectivity index (χ1v) is 11.0. The highest BCUT2D eigenvalue weighted by Crippen LogP contribution is 2.38. The first kappa shape index (κ1) is 24.8. The summed E-state index contributed by atoms with van der Waals surface area (Å²) in [5.41, 5.74) is 4.28. The van der Waals surface area contributed by atoms with Crippen molar-refractivity contribution in [3.8, 4) is 11.5 Å². The molecule has 1 aliphatic rings. The van der Waals surface area contributed by atoms with E-state index in [2.05, 4.69) is 15.3 Å². The number of nitrogens with one attached hydrogen (secondary N) is 1. The third-order valence-electron chi connectivity index (χ3n) is 5.87. The van der Waals surface area contributed by atoms with Crippen molar-refractivity contribution in [2.24, 2.45) is 5.92 Å². The number of nitrogen functional groups attached to an aromatic ring is 1. The minimum Gasteiger partial charge on any atom is -0.493 e. The Bertz CT molecular complexity index is 1230. The molecule has 0 spiro atoms. The van der Waals surface area contributed by atoms with Crippen LogP contribution in [-0.4, -0.2) is 36.9 Å². The van der Waals surface area contributed by atoms with E-state index < -0.39 is 17.6 Å². The van der Waals surface area contributed by atoms with Gasteiger partial charge in [0.2, 0.25) is 0 Å². The van der Waals surface area contributed by atoms with Crippen LogP contribution in [-0.2, 0) is 17.5 Å². The maximum atomic E-state index is 14.6. The number of benzene rings is 2. The fourth-order valence-electron chi connectivity index (χ4n) is 3.92. The molecule has 1 atom stereocenters. The number of halogens is 4. The van der Waals surface area contributed by atoms with Crippen molar-refractivity contribution in [3.63, 3.8) is 0 Å². The Hall–Kier alpha value is -3.34. The molecule has 0 bridgehead atoms. The smallest absolute Gasteiger partial charge is 0.419 e. The summed E-state index contributed by atoms with van der Waals surface area (Å²) in [6.07, 6.45) is -2.73. The minimum absolute atomic E-state index is 0.0448. The number of hydrogen-bond acceptors (Lipinski definition) is 7. The molecule has 7 nitrogen and oxygen atoms in total. The summed E-state index contributed by atoms with van der Waals surface area (Å²) in [4.78, 5) is 8.78. The number of aryl methyl sites for hydroxylation is 1. The van der Waals surface area contributed by atoms with E-state index in [-0.39, 0.29) is 23.9 Å². The maximum absolute atomic E-state index is 14.6. The number of anilines is 2. The Labute approximate surface area is 199 Å². The van der Waals surface area contributed by atoms with Crippen LogP contribution in [0.1, 0.15) is 29.8 Å². The molecule has 2 aromatic carbocycles. The third-order valence-corrected chi connectivity index (χ3v) is 5.87. The van der Waals surface area contributed by atoms with Crippen molar-refractivity contribution in [2.45, 2.75) is 38.6 Å². The topological polar surface area (TPSA) is 91.5 Å². The van der Waals surface area contributed by atoms with Gasteiger partial charge >= 0.3 is 6.18 Å². The van der Waals surface area contributed by atoms with Crippen LogP contribution in [0.4, 0.5) is 29.1 Å². The average Bonchev–Trinajstić information content (AvgIpc) is 3.63. The van der Waals surface area contributed by atoms with Gasteiger partial charge in [-0.25, -0.2) is 14.4 Å². The van der Waals surface area contributed by atoms with Gasteiger partial charge in [-0.05, 0) is 43.9 Å². The molecular formula is C24H26F4N4O3. The lowest BCUT2D eigenvalue weighted by molar-refractivity contribution is -0.140. The van der Waals surface area contributed by atoms with Crippen molar-refractivity contribution in [1.29, 1.82) is 0 Å². The number of methoxy groups -OCH3 is 2. The predicted octanol–water partition coefficient (Wildman–Crippen LogP) is 5.10. The molecule has 1 unspecified atom stereocenters. The zero-order chi connectivity index (χ0) is 25.3. The number of rotatable bonds is 9. The monoisotopic (exact) mass is 494 g/mol. The SMILES string of the molecule is COc1cc2nc(C)nc(NCc3cc(N)cc(C(F)(F)F)c3F)c2cc1OCC(OC)C1CC1. The second-order valence-corrected chi connectivity index (χ2v) is 8.46. The van der Waals surface area contributed by atoms with Crippen LogP contribution < -0.4 is 20.5 Å². The number of ether oxygens (including phenoxy) is 3. The summed E-state index contributed by atoms with van der Waals surface area (Å²) in [5.74, 6) is 0.695. The van der Waals surface area contributed by atoms with Crippen LogP contribution in [0.15, 0.2) is 24.3 Å². The Morgan fingerprint density at radius 3 is 2.49 bits per heavy atom. The van der Waals surface area contributed by atoms with E-state index in [1.165, 1.54) is 7.11 Å². The summed E-state index contributed by atoms with van der Waals surface area (Å²) in [6.45, 7) is 1.72. The molecule has 1 heterocycles. The number of nitrogens with zero attached hydrogens (tertiary/aromatic N) is 2. The number of nitrogens with two attached hydrogens (primary N) is 1. The van der Waals surface area contributed by atoms with Gasteiger partial charge in [0.05, 0.1) is 24.3 Å². The molecule has 1 fully saturated rings. The molecule has 0 amide bonds. The van der Waals surface area contributed by atoms with Crippen LogP contribution >= 0.6 is 0 Å². The Morgan fingerprint density at radius 1 is 1.11 bits per heavy atom. The minimum atomic E-state index is -4.87. The number of fused-ring (bicyclic) bond motifs is 1. The zero-order valence-corrected chi connectivity index (χ0v) is 19.5. The highest BCUT2D eigenvalue weighted by molar-refractivity contribution is 5.91. The number of aromatic nitrogens is 2. The van der Waals surface area contributed by atoms with Gasteiger partial charge in [-0.1, -0.05) is 0 Å². The molecule has 1 saturated carbocycles. The first-order valence-electron chi connectivity index (χ1n) is 11.0. The van der Waals surface area contributed by atoms with Gasteiger partial charge < -0.3 is 25.3 Å². The molecule has 3 N–H and O–H groups in total. The number of alkyl halides is 3. The summed E-state index contributed by atoms with van der Waals surface area (Å²) in [5, 5.41) is 3.46. The molecule has 11 heteroatoms. The largest absolute Gasteiger partial charge is 0.493 e. The molecule has 3 aromatic rings. The van der Waals surface area contributed by atoms with Gasteiger partial charge in [0.25, 0.3) is 0 Å². The van der Waals surface area contributed by atoms with Gasteiger partial charge in [-0.3, -0.25) is 0 Å². The predicted molar refractivity (Wildman–Crippen MR) is 123 cm³/mol. The second kappa shape index (κ2) is 9.73. The molecule has 0 aliphatic heterocycles. The van der Waals surface area contributed by atoms with E-state index in [1.807, 2.05) is 0 Å². The summed E-state index contributed by atoms with van der Waals surface area (Å²) in [7, 11) is 3.15. The highest BCUT2D eigenvalue weighted by atomic mass is 19.4. The van der Waals surface area contributed by atoms with E-state index in [0.717, 1.165) is 18.9 Å². The molecule has 1 aromatic heterocycles. The van der Waals surface area contributed by atoms with Gasteiger partial charge in [0.15, 0.2) is 11.5 Å². The quantitative estimate of drug-likeness (QED) is 0.316. The summed E-state index contributed by atoms with van der Waals surface area (Å²) in [6, 6.07) is 5.11. The van der Waals surface area contributed by atoms with Crippen LogP contribution in [0.5, 0.6) is 11.5 Å². The lowest BCUT2D eigenvalue weighted by Gasteiger charge is -2.18. The van der Waals surface area contributed by atoms with Gasteiger partial charge in [0, 0.05) is 36.4 Å². The van der Waals surface area contributed by atoms with E-state index in [0.29, 0.717) is 52.6 Å². The zero-order valence-electron chi connectivity index (χ0n) is 19.5. The molecular weight excluding hydrogens is 468 g/mol. The second-order valence-electron chi connectivity index (χ2n) is 8.46. The van der Waals surface area contributed by atoms with E-state index in [1.54, 1.807) is 26.2 Å². The van der Waals surface area contributed by atoms with E-state index in [9.17, 15) is 17.6 Å². The lowest BCUT2D eigenvalue weighted by atomic mass is 10.1. The van der Waals surface area contributed by atoms with Crippen molar-refractivity contribution in [2.75, 3.05) is 31.9 Å². The number of hydrogen-bond donors (Lipinski definition) is 2. The van der Waals surface area contributed by atoms with Crippen molar-refractivity contribution in [1.82, 2.24) is 9.97 Å². The van der Waals surface area contributed by atoms with Crippen LogP contribution in [0, 0.1) is 18.7 Å². The Kier molecular flexibility index (Phi) is 6.88. The molecule has 35 heavy (non-hydrogen) atoms. The van der Waals surface area contributed by atoms with Crippen molar-refractivity contribution in [3.05, 3.63) is 47.0 Å². The molecule has 188 valence electrons. The standard InChI is InChI=1S/C24H26F4N4O3/c1-12-31-18-9-19(33-2)20(35-11-21(34-3)13-4-5-13)8-16(18)23(32-12)30-10-14-6-15(29)7-17(22(14)25)24(26,27)28/h6-9,13,21H,4-5,10-11,29H2,1-3H3,(H,30,31,32). The van der Waals surface area contributed by atoms with Crippen molar-refractivity contribution < 1.29 is 31.8 Å². The van der Waals surface area contributed by atoms with Crippen molar-refractivity contribution >= 4 is 22.4 Å². The summed E-state index contributed by atoms with van der Waals surface area (Å²) >= 11 is 0. The van der Waals surface area contributed by atoms with Crippen LogP contribution in [0.2, 0.25) is 0 Å². The normalized spacial score (nSPS) is 14.7. The molecule has 0 saturated heterocycles. The molecule has 0 radical (unpaired) electrons. The highest BCUT2D eigenvalue weighted by Gasteiger charge is 2.35.